The summed E-state index contributed by atoms with van der Waals surface area (Å²) >= 11 is 1.46. The first-order valence-electron chi connectivity index (χ1n) is 7.15. The van der Waals surface area contributed by atoms with E-state index in [1.54, 1.807) is 6.20 Å². The second-order valence-corrected chi connectivity index (χ2v) is 5.87. The first-order valence-corrected chi connectivity index (χ1v) is 8.13. The topological polar surface area (TPSA) is 46.9 Å². The van der Waals surface area contributed by atoms with Gasteiger partial charge in [-0.3, -0.25) is 4.79 Å². The molecule has 21 heavy (non-hydrogen) atoms. The lowest BCUT2D eigenvalue weighted by molar-refractivity contribution is -0.119. The van der Waals surface area contributed by atoms with Gasteiger partial charge in [0, 0.05) is 19.4 Å². The Kier molecular flexibility index (Phi) is 5.87. The Hall–Kier alpha value is -1.75. The van der Waals surface area contributed by atoms with Crippen LogP contribution in [0.4, 0.5) is 0 Å². The zero-order chi connectivity index (χ0) is 15.1. The molecule has 0 saturated heterocycles. The van der Waals surface area contributed by atoms with Gasteiger partial charge in [-0.05, 0) is 12.0 Å². The third-order valence-electron chi connectivity index (χ3n) is 3.22. The largest absolute Gasteiger partial charge is 0.349 e. The smallest absolute Gasteiger partial charge is 0.230 e. The van der Waals surface area contributed by atoms with Gasteiger partial charge in [0.1, 0.15) is 0 Å². The summed E-state index contributed by atoms with van der Waals surface area (Å²) in [4.78, 5) is 16.3. The van der Waals surface area contributed by atoms with Gasteiger partial charge < -0.3 is 9.88 Å². The highest BCUT2D eigenvalue weighted by molar-refractivity contribution is 7.99. The van der Waals surface area contributed by atoms with Gasteiger partial charge in [0.05, 0.1) is 11.8 Å². The molecular formula is C16H21N3OS. The zero-order valence-corrected chi connectivity index (χ0v) is 13.3. The molecule has 0 spiro atoms. The van der Waals surface area contributed by atoms with E-state index in [9.17, 15) is 4.79 Å². The van der Waals surface area contributed by atoms with Crippen LogP contribution in [0.15, 0.2) is 47.9 Å². The molecule has 1 heterocycles. The molecule has 2 aromatic rings. The predicted molar refractivity (Wildman–Crippen MR) is 86.2 cm³/mol. The summed E-state index contributed by atoms with van der Waals surface area (Å²) in [7, 11) is 1.93. The summed E-state index contributed by atoms with van der Waals surface area (Å²) in [6.45, 7) is 2.13. The fourth-order valence-electron chi connectivity index (χ4n) is 2.15. The first kappa shape index (κ1) is 15.6. The third-order valence-corrected chi connectivity index (χ3v) is 4.28. The number of rotatable bonds is 7. The number of carbonyl (C=O) groups is 1. The first-order chi connectivity index (χ1) is 10.2. The minimum atomic E-state index is 0.0466. The number of carbonyl (C=O) groups excluding carboxylic acids is 1. The minimum Gasteiger partial charge on any atom is -0.349 e. The Morgan fingerprint density at radius 3 is 2.76 bits per heavy atom. The molecular weight excluding hydrogens is 282 g/mol. The maximum Gasteiger partial charge on any atom is 0.230 e. The molecule has 1 N–H and O–H groups in total. The van der Waals surface area contributed by atoms with E-state index in [2.05, 4.69) is 29.4 Å². The zero-order valence-electron chi connectivity index (χ0n) is 12.5. The Bertz CT molecular complexity index is 568. The van der Waals surface area contributed by atoms with Gasteiger partial charge in [-0.15, -0.1) is 0 Å². The molecule has 1 aromatic carbocycles. The van der Waals surface area contributed by atoms with Crippen molar-refractivity contribution in [3.05, 3.63) is 48.3 Å². The lowest BCUT2D eigenvalue weighted by Crippen LogP contribution is -2.30. The standard InChI is InChI=1S/C16H21N3OS/c1-3-7-14(13-8-5-4-6-9-13)18-15(20)12-21-16-17-10-11-19(16)2/h4-6,8-11,14H,3,7,12H2,1-2H3,(H,18,20)/t14-/m0/s1. The minimum absolute atomic E-state index is 0.0466. The fourth-order valence-corrected chi connectivity index (χ4v) is 2.90. The quantitative estimate of drug-likeness (QED) is 0.799. The lowest BCUT2D eigenvalue weighted by atomic mass is 10.0. The maximum absolute atomic E-state index is 12.1. The number of aromatic nitrogens is 2. The van der Waals surface area contributed by atoms with Crippen LogP contribution in [0.1, 0.15) is 31.4 Å². The van der Waals surface area contributed by atoms with E-state index in [0.717, 1.165) is 23.6 Å². The summed E-state index contributed by atoms with van der Waals surface area (Å²) < 4.78 is 1.92. The highest BCUT2D eigenvalue weighted by Gasteiger charge is 2.14. The number of aryl methyl sites for hydroxylation is 1. The van der Waals surface area contributed by atoms with Crippen LogP contribution in [0.2, 0.25) is 0 Å². The van der Waals surface area contributed by atoms with E-state index < -0.39 is 0 Å². The van der Waals surface area contributed by atoms with Crippen LogP contribution in [0.3, 0.4) is 0 Å². The number of nitrogens with zero attached hydrogens (tertiary/aromatic N) is 2. The van der Waals surface area contributed by atoms with Crippen molar-refractivity contribution in [3.8, 4) is 0 Å². The van der Waals surface area contributed by atoms with Gasteiger partial charge in [0.15, 0.2) is 5.16 Å². The molecule has 112 valence electrons. The number of nitrogens with one attached hydrogen (secondary N) is 1. The third kappa shape index (κ3) is 4.63. The van der Waals surface area contributed by atoms with Crippen molar-refractivity contribution in [3.63, 3.8) is 0 Å². The van der Waals surface area contributed by atoms with Crippen LogP contribution >= 0.6 is 11.8 Å². The van der Waals surface area contributed by atoms with Crippen LogP contribution in [-0.4, -0.2) is 21.2 Å². The summed E-state index contributed by atoms with van der Waals surface area (Å²) in [5.74, 6) is 0.433. The van der Waals surface area contributed by atoms with E-state index in [1.165, 1.54) is 11.8 Å². The summed E-state index contributed by atoms with van der Waals surface area (Å²) in [5, 5.41) is 3.98. The molecule has 1 aromatic heterocycles. The van der Waals surface area contributed by atoms with Crippen molar-refractivity contribution in [1.29, 1.82) is 0 Å². The number of amides is 1. The van der Waals surface area contributed by atoms with Crippen LogP contribution in [0.5, 0.6) is 0 Å². The van der Waals surface area contributed by atoms with Gasteiger partial charge in [0.2, 0.25) is 5.91 Å². The van der Waals surface area contributed by atoms with E-state index in [4.69, 9.17) is 0 Å². The Labute approximate surface area is 130 Å². The van der Waals surface area contributed by atoms with Crippen LogP contribution in [0, 0.1) is 0 Å². The van der Waals surface area contributed by atoms with Crippen LogP contribution in [0.25, 0.3) is 0 Å². The van der Waals surface area contributed by atoms with E-state index in [-0.39, 0.29) is 11.9 Å². The molecule has 0 unspecified atom stereocenters. The number of hydrogen-bond acceptors (Lipinski definition) is 3. The number of hydrogen-bond donors (Lipinski definition) is 1. The van der Waals surface area contributed by atoms with Crippen molar-refractivity contribution < 1.29 is 4.79 Å². The monoisotopic (exact) mass is 303 g/mol. The summed E-state index contributed by atoms with van der Waals surface area (Å²) in [6, 6.07) is 10.2. The molecule has 5 heteroatoms. The molecule has 0 aliphatic rings. The fraction of sp³-hybridized carbons (Fsp3) is 0.375. The molecule has 2 rings (SSSR count). The molecule has 0 aliphatic heterocycles. The van der Waals surface area contributed by atoms with E-state index in [1.807, 2.05) is 36.0 Å². The summed E-state index contributed by atoms with van der Waals surface area (Å²) in [6.07, 6.45) is 5.60. The van der Waals surface area contributed by atoms with Crippen molar-refractivity contribution in [2.24, 2.45) is 7.05 Å². The Morgan fingerprint density at radius 2 is 2.14 bits per heavy atom. The Balaban J connectivity index is 1.91. The number of benzene rings is 1. The number of imidazole rings is 1. The van der Waals surface area contributed by atoms with Crippen LogP contribution < -0.4 is 5.32 Å². The Morgan fingerprint density at radius 1 is 1.38 bits per heavy atom. The number of thioether (sulfide) groups is 1. The molecule has 1 amide bonds. The van der Waals surface area contributed by atoms with Gasteiger partial charge >= 0.3 is 0 Å². The predicted octanol–water partition coefficient (Wildman–Crippen LogP) is 3.17. The van der Waals surface area contributed by atoms with Gasteiger partial charge in [-0.1, -0.05) is 55.4 Å². The molecule has 0 radical (unpaired) electrons. The van der Waals surface area contributed by atoms with Gasteiger partial charge in [0.25, 0.3) is 0 Å². The summed E-state index contributed by atoms with van der Waals surface area (Å²) in [5.41, 5.74) is 1.16. The lowest BCUT2D eigenvalue weighted by Gasteiger charge is -2.18. The average molecular weight is 303 g/mol. The van der Waals surface area contributed by atoms with Crippen molar-refractivity contribution in [1.82, 2.24) is 14.9 Å². The second-order valence-electron chi connectivity index (χ2n) is 4.93. The molecule has 4 nitrogen and oxygen atoms in total. The van der Waals surface area contributed by atoms with Crippen molar-refractivity contribution >= 4 is 17.7 Å². The molecule has 0 bridgehead atoms. The average Bonchev–Trinajstić information content (AvgIpc) is 2.91. The van der Waals surface area contributed by atoms with Crippen molar-refractivity contribution in [2.75, 3.05) is 5.75 Å². The molecule has 0 fully saturated rings. The van der Waals surface area contributed by atoms with E-state index in [0.29, 0.717) is 5.75 Å². The van der Waals surface area contributed by atoms with Gasteiger partial charge in [-0.25, -0.2) is 4.98 Å². The van der Waals surface area contributed by atoms with Crippen molar-refractivity contribution in [2.45, 2.75) is 31.0 Å². The van der Waals surface area contributed by atoms with Crippen LogP contribution in [-0.2, 0) is 11.8 Å². The SMILES string of the molecule is CCC[C@H](NC(=O)CSc1nccn1C)c1ccccc1. The maximum atomic E-state index is 12.1. The highest BCUT2D eigenvalue weighted by atomic mass is 32.2. The molecule has 0 aliphatic carbocycles. The van der Waals surface area contributed by atoms with Gasteiger partial charge in [-0.2, -0.15) is 0 Å². The normalized spacial score (nSPS) is 12.1. The van der Waals surface area contributed by atoms with E-state index >= 15 is 0 Å². The second kappa shape index (κ2) is 7.88. The highest BCUT2D eigenvalue weighted by Crippen LogP contribution is 2.19. The molecule has 0 saturated carbocycles. The molecule has 1 atom stereocenters.